The number of rotatable bonds is 4. The van der Waals surface area contributed by atoms with E-state index in [0.29, 0.717) is 12.5 Å². The summed E-state index contributed by atoms with van der Waals surface area (Å²) in [6.07, 6.45) is 5.57. The number of carbonyl (C=O) groups excluding carboxylic acids is 1. The van der Waals surface area contributed by atoms with Gasteiger partial charge in [0.1, 0.15) is 0 Å². The molecule has 0 radical (unpaired) electrons. The number of amides is 1. The van der Waals surface area contributed by atoms with Crippen molar-refractivity contribution in [2.75, 3.05) is 23.3 Å². The highest BCUT2D eigenvalue weighted by atomic mass is 16.1. The molecule has 154 valence electrons. The minimum absolute atomic E-state index is 0.0687. The number of aromatic nitrogens is 2. The first-order valence-electron chi connectivity index (χ1n) is 10.5. The molecule has 1 fully saturated rings. The van der Waals surface area contributed by atoms with Gasteiger partial charge in [-0.15, -0.1) is 0 Å². The van der Waals surface area contributed by atoms with E-state index in [2.05, 4.69) is 65.2 Å². The van der Waals surface area contributed by atoms with E-state index >= 15 is 0 Å². The second-order valence-electron chi connectivity index (χ2n) is 8.21. The molecule has 1 amide bonds. The van der Waals surface area contributed by atoms with Crippen molar-refractivity contribution in [2.45, 2.75) is 33.6 Å². The molecule has 5 heteroatoms. The van der Waals surface area contributed by atoms with E-state index in [9.17, 15) is 4.79 Å². The van der Waals surface area contributed by atoms with Gasteiger partial charge in [-0.3, -0.25) is 4.79 Å². The van der Waals surface area contributed by atoms with E-state index in [1.807, 2.05) is 30.6 Å². The Balaban J connectivity index is 1.42. The topological polar surface area (TPSA) is 58.1 Å². The molecule has 30 heavy (non-hydrogen) atoms. The third-order valence-corrected chi connectivity index (χ3v) is 5.87. The van der Waals surface area contributed by atoms with E-state index < -0.39 is 0 Å². The smallest absolute Gasteiger partial charge is 0.229 e. The average Bonchev–Trinajstić information content (AvgIpc) is 2.77. The van der Waals surface area contributed by atoms with Crippen molar-refractivity contribution in [3.05, 3.63) is 71.5 Å². The molecule has 0 bridgehead atoms. The van der Waals surface area contributed by atoms with Crippen LogP contribution >= 0.6 is 0 Å². The van der Waals surface area contributed by atoms with Crippen molar-refractivity contribution >= 4 is 17.5 Å². The lowest BCUT2D eigenvalue weighted by atomic mass is 9.97. The van der Waals surface area contributed by atoms with Crippen LogP contribution < -0.4 is 10.2 Å². The summed E-state index contributed by atoms with van der Waals surface area (Å²) >= 11 is 0. The van der Waals surface area contributed by atoms with Crippen molar-refractivity contribution in [1.29, 1.82) is 0 Å². The maximum Gasteiger partial charge on any atom is 0.229 e. The summed E-state index contributed by atoms with van der Waals surface area (Å²) in [6, 6.07) is 14.4. The van der Waals surface area contributed by atoms with Crippen LogP contribution in [0.3, 0.4) is 0 Å². The molecular weight excluding hydrogens is 372 g/mol. The summed E-state index contributed by atoms with van der Waals surface area (Å²) in [5, 5.41) is 3.08. The zero-order valence-corrected chi connectivity index (χ0v) is 17.9. The van der Waals surface area contributed by atoms with Crippen LogP contribution in [0.25, 0.3) is 11.1 Å². The van der Waals surface area contributed by atoms with Gasteiger partial charge in [0.2, 0.25) is 11.9 Å². The third kappa shape index (κ3) is 4.51. The normalized spacial score (nSPS) is 16.4. The van der Waals surface area contributed by atoms with E-state index in [1.165, 1.54) is 16.7 Å². The molecule has 5 nitrogen and oxygen atoms in total. The van der Waals surface area contributed by atoms with Gasteiger partial charge in [0, 0.05) is 36.7 Å². The van der Waals surface area contributed by atoms with Gasteiger partial charge in [-0.05, 0) is 62.4 Å². The Morgan fingerprint density at radius 2 is 1.70 bits per heavy atom. The van der Waals surface area contributed by atoms with Gasteiger partial charge in [-0.2, -0.15) is 0 Å². The van der Waals surface area contributed by atoms with Crippen molar-refractivity contribution in [3.63, 3.8) is 0 Å². The molecule has 0 spiro atoms. The van der Waals surface area contributed by atoms with Crippen LogP contribution in [0, 0.1) is 26.7 Å². The molecule has 1 aromatic heterocycles. The van der Waals surface area contributed by atoms with Crippen LogP contribution in [0.5, 0.6) is 0 Å². The number of hydrogen-bond acceptors (Lipinski definition) is 4. The summed E-state index contributed by atoms with van der Waals surface area (Å²) in [4.78, 5) is 24.1. The zero-order valence-electron chi connectivity index (χ0n) is 17.9. The first-order valence-corrected chi connectivity index (χ1v) is 10.5. The predicted octanol–water partition coefficient (Wildman–Crippen LogP) is 4.92. The van der Waals surface area contributed by atoms with E-state index in [4.69, 9.17) is 0 Å². The number of aryl methyl sites for hydroxylation is 3. The van der Waals surface area contributed by atoms with Gasteiger partial charge in [0.05, 0.1) is 5.92 Å². The molecule has 1 aliphatic rings. The highest BCUT2D eigenvalue weighted by molar-refractivity contribution is 5.93. The molecule has 1 aliphatic heterocycles. The van der Waals surface area contributed by atoms with Crippen LogP contribution in [0.2, 0.25) is 0 Å². The largest absolute Gasteiger partial charge is 0.340 e. The zero-order chi connectivity index (χ0) is 21.1. The van der Waals surface area contributed by atoms with Crippen LogP contribution in [-0.2, 0) is 4.79 Å². The van der Waals surface area contributed by atoms with Gasteiger partial charge in [-0.1, -0.05) is 35.9 Å². The fraction of sp³-hybridized carbons (Fsp3) is 0.320. The lowest BCUT2D eigenvalue weighted by Crippen LogP contribution is -2.41. The fourth-order valence-electron chi connectivity index (χ4n) is 3.82. The SMILES string of the molecule is Cc1ccc(-c2cnc(N3CCC[C@@H](C(=O)Nc4ccc(C)c(C)c4)C3)nc2)cc1. The predicted molar refractivity (Wildman–Crippen MR) is 122 cm³/mol. The summed E-state index contributed by atoms with van der Waals surface area (Å²) in [5.41, 5.74) is 6.60. The summed E-state index contributed by atoms with van der Waals surface area (Å²) in [6.45, 7) is 7.72. The number of benzene rings is 2. The number of anilines is 2. The second kappa shape index (κ2) is 8.66. The molecule has 2 heterocycles. The Bertz CT molecular complexity index is 1030. The Morgan fingerprint density at radius 3 is 2.40 bits per heavy atom. The third-order valence-electron chi connectivity index (χ3n) is 5.87. The van der Waals surface area contributed by atoms with Gasteiger partial charge in [0.25, 0.3) is 0 Å². The van der Waals surface area contributed by atoms with Crippen molar-refractivity contribution < 1.29 is 4.79 Å². The van der Waals surface area contributed by atoms with Crippen LogP contribution in [-0.4, -0.2) is 29.0 Å². The number of carbonyl (C=O) groups is 1. The van der Waals surface area contributed by atoms with Crippen LogP contribution in [0.15, 0.2) is 54.9 Å². The molecule has 0 unspecified atom stereocenters. The first kappa shape index (κ1) is 20.1. The fourth-order valence-corrected chi connectivity index (χ4v) is 3.82. The Hall–Kier alpha value is -3.21. The molecule has 2 aromatic carbocycles. The molecule has 4 rings (SSSR count). The van der Waals surface area contributed by atoms with Crippen molar-refractivity contribution in [2.24, 2.45) is 5.92 Å². The Morgan fingerprint density at radius 1 is 0.967 bits per heavy atom. The summed E-state index contributed by atoms with van der Waals surface area (Å²) < 4.78 is 0. The second-order valence-corrected chi connectivity index (χ2v) is 8.21. The minimum atomic E-state index is -0.0688. The van der Waals surface area contributed by atoms with Gasteiger partial charge >= 0.3 is 0 Å². The van der Waals surface area contributed by atoms with Crippen molar-refractivity contribution in [3.8, 4) is 11.1 Å². The molecule has 0 aliphatic carbocycles. The standard InChI is InChI=1S/C25H28N4O/c1-17-6-9-20(10-7-17)22-14-26-25(27-15-22)29-12-4-5-21(16-29)24(30)28-23-11-8-18(2)19(3)13-23/h6-11,13-15,21H,4-5,12,16H2,1-3H3,(H,28,30)/t21-/m1/s1. The molecular formula is C25H28N4O. The molecule has 1 N–H and O–H groups in total. The maximum atomic E-state index is 12.8. The van der Waals surface area contributed by atoms with E-state index in [0.717, 1.165) is 36.2 Å². The van der Waals surface area contributed by atoms with Crippen LogP contribution in [0.4, 0.5) is 11.6 Å². The quantitative estimate of drug-likeness (QED) is 0.675. The summed E-state index contributed by atoms with van der Waals surface area (Å²) in [7, 11) is 0. The molecule has 1 atom stereocenters. The van der Waals surface area contributed by atoms with Crippen LogP contribution in [0.1, 0.15) is 29.5 Å². The molecule has 0 saturated carbocycles. The van der Waals surface area contributed by atoms with E-state index in [1.54, 1.807) is 0 Å². The first-order chi connectivity index (χ1) is 14.5. The number of nitrogens with one attached hydrogen (secondary N) is 1. The van der Waals surface area contributed by atoms with Gasteiger partial charge in [0.15, 0.2) is 0 Å². The Kier molecular flexibility index (Phi) is 5.79. The monoisotopic (exact) mass is 400 g/mol. The van der Waals surface area contributed by atoms with Crippen molar-refractivity contribution in [1.82, 2.24) is 9.97 Å². The van der Waals surface area contributed by atoms with Gasteiger partial charge in [-0.25, -0.2) is 9.97 Å². The maximum absolute atomic E-state index is 12.8. The highest BCUT2D eigenvalue weighted by Crippen LogP contribution is 2.24. The van der Waals surface area contributed by atoms with Gasteiger partial charge < -0.3 is 10.2 Å². The number of hydrogen-bond donors (Lipinski definition) is 1. The summed E-state index contributed by atoms with van der Waals surface area (Å²) in [5.74, 6) is 0.689. The lowest BCUT2D eigenvalue weighted by Gasteiger charge is -2.32. The molecule has 3 aromatic rings. The lowest BCUT2D eigenvalue weighted by molar-refractivity contribution is -0.120. The number of nitrogens with zero attached hydrogens (tertiary/aromatic N) is 3. The number of piperidine rings is 1. The minimum Gasteiger partial charge on any atom is -0.340 e. The average molecular weight is 401 g/mol. The van der Waals surface area contributed by atoms with E-state index in [-0.39, 0.29) is 11.8 Å². The highest BCUT2D eigenvalue weighted by Gasteiger charge is 2.27. The Labute approximate surface area is 178 Å². The molecule has 1 saturated heterocycles.